The molecule has 0 saturated heterocycles. The molecular formula is C22H15ClF3N3OS. The highest BCUT2D eigenvalue weighted by Crippen LogP contribution is 2.35. The molecule has 1 aromatic carbocycles. The van der Waals surface area contributed by atoms with E-state index >= 15 is 0 Å². The van der Waals surface area contributed by atoms with Gasteiger partial charge in [0.2, 0.25) is 0 Å². The first kappa shape index (κ1) is 21.1. The molecule has 31 heavy (non-hydrogen) atoms. The maximum atomic E-state index is 13.7. The summed E-state index contributed by atoms with van der Waals surface area (Å²) < 4.78 is 42.2. The van der Waals surface area contributed by atoms with Crippen molar-refractivity contribution < 1.29 is 18.0 Å². The van der Waals surface area contributed by atoms with E-state index in [4.69, 9.17) is 11.6 Å². The normalized spacial score (nSPS) is 12.0. The number of carbonyl (C=O) groups is 1. The highest BCUT2D eigenvalue weighted by molar-refractivity contribution is 7.09. The molecule has 0 atom stereocenters. The van der Waals surface area contributed by atoms with Crippen LogP contribution in [0.15, 0.2) is 60.1 Å². The van der Waals surface area contributed by atoms with Crippen molar-refractivity contribution in [1.29, 1.82) is 0 Å². The minimum absolute atomic E-state index is 0.181. The Bertz CT molecular complexity index is 1250. The summed E-state index contributed by atoms with van der Waals surface area (Å²) in [6, 6.07) is 13.8. The summed E-state index contributed by atoms with van der Waals surface area (Å²) in [5.74, 6) is -0.642. The predicted octanol–water partition coefficient (Wildman–Crippen LogP) is 6.17. The molecule has 9 heteroatoms. The van der Waals surface area contributed by atoms with Gasteiger partial charge in [0, 0.05) is 11.1 Å². The zero-order valence-corrected chi connectivity index (χ0v) is 17.4. The summed E-state index contributed by atoms with van der Waals surface area (Å²) in [4.78, 5) is 17.3. The van der Waals surface area contributed by atoms with Crippen molar-refractivity contribution in [2.75, 3.05) is 0 Å². The molecule has 0 unspecified atom stereocenters. The van der Waals surface area contributed by atoms with Crippen molar-refractivity contribution in [3.05, 3.63) is 92.5 Å². The number of hydrogen-bond acceptors (Lipinski definition) is 3. The molecule has 1 N–H and O–H groups in total. The second-order valence-electron chi connectivity index (χ2n) is 6.64. The van der Waals surface area contributed by atoms with Crippen LogP contribution in [-0.4, -0.2) is 15.3 Å². The Balaban J connectivity index is 1.73. The van der Waals surface area contributed by atoms with Crippen LogP contribution < -0.4 is 5.32 Å². The van der Waals surface area contributed by atoms with Crippen LogP contribution in [0.2, 0.25) is 5.15 Å². The molecule has 0 aliphatic rings. The van der Waals surface area contributed by atoms with Crippen LogP contribution in [0.4, 0.5) is 13.2 Å². The van der Waals surface area contributed by atoms with Crippen molar-refractivity contribution in [1.82, 2.24) is 14.7 Å². The van der Waals surface area contributed by atoms with Crippen LogP contribution in [0.25, 0.3) is 17.8 Å². The summed E-state index contributed by atoms with van der Waals surface area (Å²) in [7, 11) is 0. The molecule has 0 radical (unpaired) electrons. The third kappa shape index (κ3) is 4.65. The van der Waals surface area contributed by atoms with E-state index in [2.05, 4.69) is 10.3 Å². The van der Waals surface area contributed by atoms with Gasteiger partial charge in [-0.1, -0.05) is 60.2 Å². The highest BCUT2D eigenvalue weighted by Gasteiger charge is 2.35. The Hall–Kier alpha value is -3.10. The molecule has 0 spiro atoms. The number of nitrogens with one attached hydrogen (secondary N) is 1. The van der Waals surface area contributed by atoms with Gasteiger partial charge in [-0.05, 0) is 28.6 Å². The Morgan fingerprint density at radius 3 is 2.55 bits per heavy atom. The lowest BCUT2D eigenvalue weighted by Gasteiger charge is -2.09. The van der Waals surface area contributed by atoms with Crippen molar-refractivity contribution in [2.24, 2.45) is 0 Å². The van der Waals surface area contributed by atoms with Gasteiger partial charge in [-0.15, -0.1) is 11.3 Å². The molecule has 4 aromatic rings. The average molecular weight is 462 g/mol. The summed E-state index contributed by atoms with van der Waals surface area (Å²) in [6.07, 6.45) is 0.00428. The lowest BCUT2D eigenvalue weighted by molar-refractivity contribution is -0.136. The first-order chi connectivity index (χ1) is 14.8. The number of alkyl halides is 3. The molecule has 0 bridgehead atoms. The number of rotatable bonds is 5. The number of hydrogen-bond donors (Lipinski definition) is 1. The SMILES string of the molecule is O=C(NCc1cccs1)c1nc2c(C(F)(F)F)cc(C=Cc3ccccc3)cn2c1Cl. The molecule has 1 amide bonds. The monoisotopic (exact) mass is 461 g/mol. The van der Waals surface area contributed by atoms with Gasteiger partial charge in [-0.2, -0.15) is 13.2 Å². The number of thiophene rings is 1. The van der Waals surface area contributed by atoms with E-state index in [1.165, 1.54) is 17.5 Å². The molecule has 158 valence electrons. The van der Waals surface area contributed by atoms with E-state index in [0.29, 0.717) is 0 Å². The first-order valence-corrected chi connectivity index (χ1v) is 10.4. The molecule has 4 nitrogen and oxygen atoms in total. The lowest BCUT2D eigenvalue weighted by atomic mass is 10.1. The number of halogens is 4. The minimum Gasteiger partial charge on any atom is -0.346 e. The fourth-order valence-electron chi connectivity index (χ4n) is 3.00. The molecule has 4 rings (SSSR count). The summed E-state index contributed by atoms with van der Waals surface area (Å²) in [6.45, 7) is 0.234. The number of benzene rings is 1. The Morgan fingerprint density at radius 2 is 1.87 bits per heavy atom. The van der Waals surface area contributed by atoms with Crippen molar-refractivity contribution in [2.45, 2.75) is 12.7 Å². The Labute approximate surface area is 184 Å². The maximum Gasteiger partial charge on any atom is 0.420 e. The quantitative estimate of drug-likeness (QED) is 0.386. The molecule has 0 fully saturated rings. The van der Waals surface area contributed by atoms with E-state index in [1.54, 1.807) is 12.2 Å². The van der Waals surface area contributed by atoms with Crippen LogP contribution in [0.1, 0.15) is 32.1 Å². The fraction of sp³-hybridized carbons (Fsp3) is 0.0909. The standard InChI is InChI=1S/C22H15ClF3N3OS/c23-19-18(21(30)27-12-16-7-4-10-31-16)28-20-17(22(24,25)26)11-15(13-29(19)20)9-8-14-5-2-1-3-6-14/h1-11,13H,12H2,(H,27,30). The van der Waals surface area contributed by atoms with Gasteiger partial charge in [0.15, 0.2) is 11.3 Å². The number of imidazole rings is 1. The van der Waals surface area contributed by atoms with Gasteiger partial charge in [-0.3, -0.25) is 9.20 Å². The molecular weight excluding hydrogens is 447 g/mol. The van der Waals surface area contributed by atoms with Crippen LogP contribution in [0, 0.1) is 0 Å². The van der Waals surface area contributed by atoms with E-state index in [0.717, 1.165) is 20.9 Å². The van der Waals surface area contributed by atoms with Gasteiger partial charge in [0.1, 0.15) is 5.15 Å². The van der Waals surface area contributed by atoms with Crippen molar-refractivity contribution >= 4 is 46.6 Å². The van der Waals surface area contributed by atoms with Gasteiger partial charge < -0.3 is 5.32 Å². The molecule has 0 aliphatic carbocycles. The zero-order valence-electron chi connectivity index (χ0n) is 15.9. The van der Waals surface area contributed by atoms with Gasteiger partial charge in [0.05, 0.1) is 12.1 Å². The van der Waals surface area contributed by atoms with Crippen molar-refractivity contribution in [3.63, 3.8) is 0 Å². The van der Waals surface area contributed by atoms with Gasteiger partial charge >= 0.3 is 6.18 Å². The molecule has 0 saturated carbocycles. The summed E-state index contributed by atoms with van der Waals surface area (Å²) in [5.41, 5.74) is -0.541. The third-order valence-corrected chi connectivity index (χ3v) is 5.71. The van der Waals surface area contributed by atoms with Gasteiger partial charge in [0.25, 0.3) is 5.91 Å². The van der Waals surface area contributed by atoms with Crippen LogP contribution in [0.3, 0.4) is 0 Å². The maximum absolute atomic E-state index is 13.7. The largest absolute Gasteiger partial charge is 0.420 e. The zero-order chi connectivity index (χ0) is 22.0. The number of pyridine rings is 1. The van der Waals surface area contributed by atoms with Crippen LogP contribution >= 0.6 is 22.9 Å². The fourth-order valence-corrected chi connectivity index (χ4v) is 3.90. The van der Waals surface area contributed by atoms with E-state index in [-0.39, 0.29) is 23.0 Å². The second-order valence-corrected chi connectivity index (χ2v) is 8.03. The second kappa shape index (κ2) is 8.56. The third-order valence-electron chi connectivity index (χ3n) is 4.47. The number of aromatic nitrogens is 2. The number of amides is 1. The van der Waals surface area contributed by atoms with Crippen LogP contribution in [0.5, 0.6) is 0 Å². The Kier molecular flexibility index (Phi) is 5.84. The van der Waals surface area contributed by atoms with Crippen molar-refractivity contribution in [3.8, 4) is 0 Å². The van der Waals surface area contributed by atoms with Crippen LogP contribution in [-0.2, 0) is 12.7 Å². The molecule has 3 aromatic heterocycles. The number of nitrogens with zero attached hydrogens (tertiary/aromatic N) is 2. The summed E-state index contributed by atoms with van der Waals surface area (Å²) in [5, 5.41) is 4.32. The smallest absolute Gasteiger partial charge is 0.346 e. The van der Waals surface area contributed by atoms with E-state index < -0.39 is 23.3 Å². The van der Waals surface area contributed by atoms with E-state index in [1.807, 2.05) is 47.8 Å². The van der Waals surface area contributed by atoms with Gasteiger partial charge in [-0.25, -0.2) is 4.98 Å². The predicted molar refractivity (Wildman–Crippen MR) is 116 cm³/mol. The number of carbonyl (C=O) groups excluding carboxylic acids is 1. The average Bonchev–Trinajstić information content (AvgIpc) is 3.38. The highest BCUT2D eigenvalue weighted by atomic mass is 35.5. The minimum atomic E-state index is -4.67. The molecule has 3 heterocycles. The Morgan fingerprint density at radius 1 is 1.13 bits per heavy atom. The lowest BCUT2D eigenvalue weighted by Crippen LogP contribution is -2.23. The first-order valence-electron chi connectivity index (χ1n) is 9.15. The summed E-state index contributed by atoms with van der Waals surface area (Å²) >= 11 is 7.73. The topological polar surface area (TPSA) is 46.4 Å². The number of fused-ring (bicyclic) bond motifs is 1. The van der Waals surface area contributed by atoms with E-state index in [9.17, 15) is 18.0 Å². The molecule has 0 aliphatic heterocycles.